The van der Waals surface area contributed by atoms with Crippen molar-refractivity contribution in [1.29, 1.82) is 0 Å². The molecule has 24 heavy (non-hydrogen) atoms. The number of hydrogen-bond acceptors (Lipinski definition) is 1. The van der Waals surface area contributed by atoms with Crippen molar-refractivity contribution in [1.82, 2.24) is 5.32 Å². The number of carbonyl (C=O) groups is 1. The summed E-state index contributed by atoms with van der Waals surface area (Å²) in [6.45, 7) is 11.9. The Bertz CT molecular complexity index is 389. The molecule has 0 spiro atoms. The van der Waals surface area contributed by atoms with Crippen LogP contribution in [-0.4, -0.2) is 17.9 Å². The van der Waals surface area contributed by atoms with Crippen LogP contribution in [0.4, 0.5) is 4.79 Å². The lowest BCUT2D eigenvalue weighted by Crippen LogP contribution is -2.20. The van der Waals surface area contributed by atoms with Crippen molar-refractivity contribution in [2.45, 2.75) is 98.8 Å². The minimum atomic E-state index is -0.141. The molecule has 1 N–H and O–H groups in total. The number of hydrogen-bond donors (Lipinski definition) is 1. The normalized spacial score (nSPS) is 13.5. The summed E-state index contributed by atoms with van der Waals surface area (Å²) in [4.78, 5) is 11.6. The van der Waals surface area contributed by atoms with Crippen molar-refractivity contribution in [3.8, 4) is 0 Å². The number of unbranched alkanes of at least 4 members (excludes halogenated alkanes) is 4. The number of rotatable bonds is 13. The second-order valence-corrected chi connectivity index (χ2v) is 8.38. The van der Waals surface area contributed by atoms with Crippen molar-refractivity contribution in [2.75, 3.05) is 6.54 Å². The summed E-state index contributed by atoms with van der Waals surface area (Å²) in [5.74, 6) is 1.74. The van der Waals surface area contributed by atoms with Gasteiger partial charge in [0.15, 0.2) is 0 Å². The van der Waals surface area contributed by atoms with Gasteiger partial charge in [-0.3, -0.25) is 0 Å². The van der Waals surface area contributed by atoms with E-state index in [1.807, 2.05) is 0 Å². The molecule has 142 valence electrons. The fourth-order valence-electron chi connectivity index (χ4n) is 2.87. The van der Waals surface area contributed by atoms with Crippen LogP contribution in [0.3, 0.4) is 0 Å². The number of carbonyl (C=O) groups excluding carboxylic acids is 1. The maximum Gasteiger partial charge on any atom is 0.344 e. The molecule has 0 aliphatic rings. The van der Waals surface area contributed by atoms with Crippen LogP contribution in [0.5, 0.6) is 0 Å². The van der Waals surface area contributed by atoms with Gasteiger partial charge in [-0.15, -0.1) is 0 Å². The minimum Gasteiger partial charge on any atom is -0.336 e. The van der Waals surface area contributed by atoms with Crippen molar-refractivity contribution in [3.05, 3.63) is 0 Å². The molecule has 0 aromatic carbocycles. The lowest BCUT2D eigenvalue weighted by molar-refractivity contribution is 0.249. The van der Waals surface area contributed by atoms with E-state index in [1.165, 1.54) is 56.7 Å². The van der Waals surface area contributed by atoms with E-state index in [4.69, 9.17) is 0 Å². The van der Waals surface area contributed by atoms with Gasteiger partial charge < -0.3 is 5.32 Å². The molecule has 3 nitrogen and oxygen atoms in total. The van der Waals surface area contributed by atoms with E-state index < -0.39 is 0 Å². The van der Waals surface area contributed by atoms with Gasteiger partial charge in [0.05, 0.1) is 0 Å². The topological polar surface area (TPSA) is 41.5 Å². The molecule has 0 saturated carbocycles. The van der Waals surface area contributed by atoms with Gasteiger partial charge in [0.1, 0.15) is 0 Å². The first kappa shape index (κ1) is 23.4. The molecule has 0 heterocycles. The van der Waals surface area contributed by atoms with Crippen molar-refractivity contribution in [2.24, 2.45) is 16.6 Å². The van der Waals surface area contributed by atoms with Gasteiger partial charge in [-0.25, -0.2) is 4.79 Å². The first-order chi connectivity index (χ1) is 11.5. The fraction of sp³-hybridized carbons (Fsp3) is 0.900. The molecule has 3 atom stereocenters. The smallest absolute Gasteiger partial charge is 0.336 e. The third kappa shape index (κ3) is 12.8. The molecule has 2 amide bonds. The van der Waals surface area contributed by atoms with Gasteiger partial charge in [0.25, 0.3) is 0 Å². The fourth-order valence-corrected chi connectivity index (χ4v) is 3.40. The zero-order chi connectivity index (χ0) is 18.2. The van der Waals surface area contributed by atoms with E-state index >= 15 is 0 Å². The molecule has 0 aliphatic heterocycles. The Kier molecular flexibility index (Phi) is 15.6. The Balaban J connectivity index is 3.88. The first-order valence-corrected chi connectivity index (χ1v) is 11.1. The second-order valence-electron chi connectivity index (χ2n) is 7.08. The maximum atomic E-state index is 11.6. The number of amides is 2. The molecule has 0 aliphatic carbocycles. The van der Waals surface area contributed by atoms with Crippen molar-refractivity contribution in [3.63, 3.8) is 0 Å². The molecular weight excluding hydrogens is 315 g/mol. The van der Waals surface area contributed by atoms with Gasteiger partial charge in [0, 0.05) is 6.54 Å². The van der Waals surface area contributed by atoms with Crippen LogP contribution >= 0.6 is 8.00 Å². The van der Waals surface area contributed by atoms with Gasteiger partial charge in [-0.1, -0.05) is 79.1 Å². The monoisotopic (exact) mass is 356 g/mol. The van der Waals surface area contributed by atoms with E-state index in [0.717, 1.165) is 31.2 Å². The van der Waals surface area contributed by atoms with Crippen molar-refractivity contribution >= 4 is 19.3 Å². The van der Waals surface area contributed by atoms with E-state index in [1.54, 1.807) is 0 Å². The predicted molar refractivity (Wildman–Crippen MR) is 111 cm³/mol. The van der Waals surface area contributed by atoms with Crippen LogP contribution < -0.4 is 5.32 Å². The lowest BCUT2D eigenvalue weighted by atomic mass is 9.83. The van der Waals surface area contributed by atoms with E-state index in [-0.39, 0.29) is 6.03 Å². The number of nitrogens with zero attached hydrogens (tertiary/aromatic N) is 1. The molecule has 4 heteroatoms. The molecule has 0 aromatic rings. The average Bonchev–Trinajstić information content (AvgIpc) is 2.60. The molecule has 3 unspecified atom stereocenters. The molecular formula is C20H41N2OP. The highest BCUT2D eigenvalue weighted by atomic mass is 31.0. The minimum absolute atomic E-state index is 0.141. The third-order valence-corrected chi connectivity index (χ3v) is 6.08. The lowest BCUT2D eigenvalue weighted by Gasteiger charge is -2.23. The molecule has 0 saturated heterocycles. The summed E-state index contributed by atoms with van der Waals surface area (Å²) in [5.41, 5.74) is 0. The zero-order valence-electron chi connectivity index (χ0n) is 16.8. The SMILES string of the molecule is CCCCCC(CCCCCNC(=O)N=[PH]=C(C)CC)C(C)CC. The largest absolute Gasteiger partial charge is 0.344 e. The van der Waals surface area contributed by atoms with Crippen LogP contribution in [0, 0.1) is 11.8 Å². The molecule has 0 radical (unpaired) electrons. The van der Waals surface area contributed by atoms with Crippen LogP contribution in [-0.2, 0) is 0 Å². The van der Waals surface area contributed by atoms with E-state index in [2.05, 4.69) is 44.7 Å². The van der Waals surface area contributed by atoms with Crippen LogP contribution in [0.1, 0.15) is 98.8 Å². The van der Waals surface area contributed by atoms with Gasteiger partial charge >= 0.3 is 6.03 Å². The van der Waals surface area contributed by atoms with Crippen molar-refractivity contribution < 1.29 is 4.79 Å². The van der Waals surface area contributed by atoms with Gasteiger partial charge in [0.2, 0.25) is 0 Å². The second kappa shape index (κ2) is 15.9. The van der Waals surface area contributed by atoms with Gasteiger partial charge in [-0.2, -0.15) is 4.74 Å². The van der Waals surface area contributed by atoms with Crippen LogP contribution in [0.15, 0.2) is 4.74 Å². The Morgan fingerprint density at radius 2 is 1.71 bits per heavy atom. The van der Waals surface area contributed by atoms with Gasteiger partial charge in [-0.05, 0) is 44.9 Å². The number of urea groups is 1. The summed E-state index contributed by atoms with van der Waals surface area (Å²) in [5, 5.41) is 4.20. The maximum absolute atomic E-state index is 11.6. The van der Waals surface area contributed by atoms with E-state index in [9.17, 15) is 4.79 Å². The third-order valence-electron chi connectivity index (χ3n) is 5.03. The Morgan fingerprint density at radius 1 is 1.04 bits per heavy atom. The summed E-state index contributed by atoms with van der Waals surface area (Å²) in [6.07, 6.45) is 12.7. The molecule has 0 aromatic heterocycles. The van der Waals surface area contributed by atoms with E-state index in [0.29, 0.717) is 8.00 Å². The highest BCUT2D eigenvalue weighted by Gasteiger charge is 2.14. The molecule has 0 fully saturated rings. The highest BCUT2D eigenvalue weighted by Crippen LogP contribution is 2.27. The standard InChI is InChI=1S/C20H41N2OP/c1-6-9-11-14-19(17(4)7-2)15-12-10-13-16-21-20(23)22-24-18(5)8-3/h17,19,24H,6-16H2,1-5H3,(H,21,23). The summed E-state index contributed by atoms with van der Waals surface area (Å²) < 4.78 is 4.06. The number of nitrogens with one attached hydrogen (secondary N) is 1. The highest BCUT2D eigenvalue weighted by molar-refractivity contribution is 7.30. The molecule has 0 bridgehead atoms. The summed E-state index contributed by atoms with van der Waals surface area (Å²) >= 11 is 0. The van der Waals surface area contributed by atoms with Crippen LogP contribution in [0.2, 0.25) is 0 Å². The molecule has 0 rings (SSSR count). The first-order valence-electron chi connectivity index (χ1n) is 10.1. The Morgan fingerprint density at radius 3 is 2.29 bits per heavy atom. The Labute approximate surface area is 151 Å². The van der Waals surface area contributed by atoms with Crippen LogP contribution in [0.25, 0.3) is 0 Å². The zero-order valence-corrected chi connectivity index (χ0v) is 17.8. The summed E-state index contributed by atoms with van der Waals surface area (Å²) in [7, 11) is 0.321. The summed E-state index contributed by atoms with van der Waals surface area (Å²) in [6, 6.07) is -0.141. The average molecular weight is 357 g/mol. The Hall–Kier alpha value is -0.560. The quantitative estimate of drug-likeness (QED) is 0.281. The predicted octanol–water partition coefficient (Wildman–Crippen LogP) is 6.96.